The summed E-state index contributed by atoms with van der Waals surface area (Å²) in [5, 5.41) is 0. The molecule has 150 valence electrons. The van der Waals surface area contributed by atoms with Gasteiger partial charge in [0, 0.05) is 42.0 Å². The molecule has 0 aliphatic carbocycles. The SMILES string of the molecule is CN=C(/C=C/C=C/C=C1/N(C)c2ccccc2C1(C)C)C(C)(C)c1ccccc1. The second-order valence-corrected chi connectivity index (χ2v) is 8.60. The maximum Gasteiger partial charge on any atom is 0.0447 e. The highest BCUT2D eigenvalue weighted by atomic mass is 15.2. The second kappa shape index (κ2) is 8.24. The Bertz CT molecular complexity index is 973. The third-order valence-electron chi connectivity index (χ3n) is 6.05. The van der Waals surface area contributed by atoms with Gasteiger partial charge in [-0.05, 0) is 29.3 Å². The first-order valence-electron chi connectivity index (χ1n) is 10.2. The Morgan fingerprint density at radius 2 is 1.59 bits per heavy atom. The van der Waals surface area contributed by atoms with Crippen LogP contribution in [-0.2, 0) is 10.8 Å². The molecule has 0 spiro atoms. The first-order valence-corrected chi connectivity index (χ1v) is 10.2. The maximum absolute atomic E-state index is 4.55. The van der Waals surface area contributed by atoms with Gasteiger partial charge in [-0.1, -0.05) is 94.5 Å². The Hall–Kier alpha value is -2.87. The highest BCUT2D eigenvalue weighted by molar-refractivity contribution is 6.03. The first kappa shape index (κ1) is 20.9. The number of hydrogen-bond donors (Lipinski definition) is 0. The maximum atomic E-state index is 4.55. The Kier molecular flexibility index (Phi) is 5.93. The van der Waals surface area contributed by atoms with Crippen molar-refractivity contribution in [3.63, 3.8) is 0 Å². The van der Waals surface area contributed by atoms with E-state index in [-0.39, 0.29) is 10.8 Å². The van der Waals surface area contributed by atoms with E-state index in [1.54, 1.807) is 0 Å². The predicted octanol–water partition coefficient (Wildman–Crippen LogP) is 6.46. The lowest BCUT2D eigenvalue weighted by atomic mass is 9.79. The van der Waals surface area contributed by atoms with Crippen LogP contribution in [0, 0.1) is 0 Å². The van der Waals surface area contributed by atoms with E-state index in [0.717, 1.165) is 5.71 Å². The summed E-state index contributed by atoms with van der Waals surface area (Å²) < 4.78 is 0. The van der Waals surface area contributed by atoms with E-state index in [1.165, 1.54) is 22.5 Å². The first-order chi connectivity index (χ1) is 13.8. The van der Waals surface area contributed by atoms with Crippen LogP contribution in [0.3, 0.4) is 0 Å². The molecule has 1 aliphatic heterocycles. The number of allylic oxidation sites excluding steroid dienone is 6. The minimum absolute atomic E-state index is 0.00470. The van der Waals surface area contributed by atoms with Crippen molar-refractivity contribution < 1.29 is 0 Å². The van der Waals surface area contributed by atoms with Crippen LogP contribution >= 0.6 is 0 Å². The molecule has 3 rings (SSSR count). The molecule has 1 heterocycles. The normalized spacial score (nSPS) is 18.2. The summed E-state index contributed by atoms with van der Waals surface area (Å²) in [5.41, 5.74) is 6.17. The summed E-state index contributed by atoms with van der Waals surface area (Å²) in [6.45, 7) is 9.01. The van der Waals surface area contributed by atoms with Gasteiger partial charge in [0.2, 0.25) is 0 Å². The second-order valence-electron chi connectivity index (χ2n) is 8.60. The largest absolute Gasteiger partial charge is 0.347 e. The van der Waals surface area contributed by atoms with E-state index >= 15 is 0 Å². The Labute approximate surface area is 176 Å². The van der Waals surface area contributed by atoms with Gasteiger partial charge in [-0.15, -0.1) is 0 Å². The van der Waals surface area contributed by atoms with Gasteiger partial charge in [0.1, 0.15) is 0 Å². The molecule has 0 atom stereocenters. The average molecular weight is 385 g/mol. The van der Waals surface area contributed by atoms with E-state index in [9.17, 15) is 0 Å². The zero-order chi connectivity index (χ0) is 21.1. The van der Waals surface area contributed by atoms with Gasteiger partial charge in [0.05, 0.1) is 0 Å². The van der Waals surface area contributed by atoms with Gasteiger partial charge in [-0.25, -0.2) is 0 Å². The van der Waals surface area contributed by atoms with Crippen molar-refractivity contribution in [2.45, 2.75) is 38.5 Å². The van der Waals surface area contributed by atoms with Gasteiger partial charge < -0.3 is 4.90 Å². The molecular weight excluding hydrogens is 352 g/mol. The Morgan fingerprint density at radius 3 is 2.24 bits per heavy atom. The minimum Gasteiger partial charge on any atom is -0.347 e. The number of nitrogens with zero attached hydrogens (tertiary/aromatic N) is 2. The van der Waals surface area contributed by atoms with Crippen LogP contribution in [0.5, 0.6) is 0 Å². The third kappa shape index (κ3) is 3.98. The molecule has 1 aliphatic rings. The fraction of sp³-hybridized carbons (Fsp3) is 0.296. The van der Waals surface area contributed by atoms with Gasteiger partial charge in [0.25, 0.3) is 0 Å². The summed E-state index contributed by atoms with van der Waals surface area (Å²) >= 11 is 0. The van der Waals surface area contributed by atoms with Crippen LogP contribution in [0.2, 0.25) is 0 Å². The summed E-state index contributed by atoms with van der Waals surface area (Å²) in [7, 11) is 4.01. The predicted molar refractivity (Wildman–Crippen MR) is 127 cm³/mol. The van der Waals surface area contributed by atoms with Crippen molar-refractivity contribution in [3.8, 4) is 0 Å². The molecule has 2 aromatic rings. The van der Waals surface area contributed by atoms with Gasteiger partial charge in [-0.3, -0.25) is 4.99 Å². The van der Waals surface area contributed by atoms with E-state index in [1.807, 2.05) is 13.1 Å². The van der Waals surface area contributed by atoms with E-state index < -0.39 is 0 Å². The fourth-order valence-corrected chi connectivity index (χ4v) is 4.22. The van der Waals surface area contributed by atoms with E-state index in [0.29, 0.717) is 0 Å². The minimum atomic E-state index is -0.131. The smallest absolute Gasteiger partial charge is 0.0447 e. The molecule has 0 saturated carbocycles. The van der Waals surface area contributed by atoms with Crippen molar-refractivity contribution >= 4 is 11.4 Å². The quantitative estimate of drug-likeness (QED) is 0.427. The molecule has 0 fully saturated rings. The molecular formula is C27H32N2. The molecule has 0 bridgehead atoms. The van der Waals surface area contributed by atoms with E-state index in [4.69, 9.17) is 0 Å². The average Bonchev–Trinajstić information content (AvgIpc) is 2.91. The zero-order valence-corrected chi connectivity index (χ0v) is 18.5. The zero-order valence-electron chi connectivity index (χ0n) is 18.5. The molecule has 0 unspecified atom stereocenters. The molecule has 0 radical (unpaired) electrons. The Balaban J connectivity index is 1.77. The summed E-state index contributed by atoms with van der Waals surface area (Å²) in [6.07, 6.45) is 10.6. The molecule has 2 nitrogen and oxygen atoms in total. The van der Waals surface area contributed by atoms with Gasteiger partial charge in [0.15, 0.2) is 0 Å². The van der Waals surface area contributed by atoms with Crippen molar-refractivity contribution in [1.29, 1.82) is 0 Å². The molecule has 0 aromatic heterocycles. The highest BCUT2D eigenvalue weighted by Gasteiger charge is 2.37. The van der Waals surface area contributed by atoms with Crippen molar-refractivity contribution in [3.05, 3.63) is 102 Å². The van der Waals surface area contributed by atoms with Crippen LogP contribution in [0.1, 0.15) is 38.8 Å². The topological polar surface area (TPSA) is 15.6 Å². The van der Waals surface area contributed by atoms with Crippen molar-refractivity contribution in [1.82, 2.24) is 0 Å². The standard InChI is InChI=1S/C27H32N2/c1-26(2,21-15-9-7-10-16-21)24(28-5)19-11-8-12-20-25-27(3,4)22-17-13-14-18-23(22)29(25)6/h7-20H,1-6H3/b12-8+,19-11+,25-20+,28-24?. The number of para-hydroxylation sites is 1. The van der Waals surface area contributed by atoms with Crippen molar-refractivity contribution in [2.75, 3.05) is 19.0 Å². The number of hydrogen-bond acceptors (Lipinski definition) is 2. The molecule has 2 aromatic carbocycles. The van der Waals surface area contributed by atoms with Crippen LogP contribution < -0.4 is 4.90 Å². The number of benzene rings is 2. The molecule has 0 N–H and O–H groups in total. The number of anilines is 1. The van der Waals surface area contributed by atoms with Crippen LogP contribution in [0.25, 0.3) is 0 Å². The number of rotatable bonds is 5. The number of likely N-dealkylation sites (N-methyl/N-ethyl adjacent to an activating group) is 1. The molecule has 0 amide bonds. The summed E-state index contributed by atoms with van der Waals surface area (Å²) in [5.74, 6) is 0. The fourth-order valence-electron chi connectivity index (χ4n) is 4.22. The van der Waals surface area contributed by atoms with Crippen molar-refractivity contribution in [2.24, 2.45) is 4.99 Å². The van der Waals surface area contributed by atoms with Gasteiger partial charge >= 0.3 is 0 Å². The number of aliphatic imine (C=N–C) groups is 1. The Morgan fingerprint density at radius 1 is 0.931 bits per heavy atom. The monoisotopic (exact) mass is 384 g/mol. The molecule has 2 heteroatoms. The van der Waals surface area contributed by atoms with Crippen LogP contribution in [-0.4, -0.2) is 19.8 Å². The summed E-state index contributed by atoms with van der Waals surface area (Å²) in [6, 6.07) is 19.2. The summed E-state index contributed by atoms with van der Waals surface area (Å²) in [4.78, 5) is 6.84. The molecule has 0 saturated heterocycles. The molecule has 29 heavy (non-hydrogen) atoms. The lowest BCUT2D eigenvalue weighted by Crippen LogP contribution is -2.27. The van der Waals surface area contributed by atoms with E-state index in [2.05, 4.69) is 124 Å². The van der Waals surface area contributed by atoms with Gasteiger partial charge in [-0.2, -0.15) is 0 Å². The third-order valence-corrected chi connectivity index (χ3v) is 6.05. The van der Waals surface area contributed by atoms with Crippen LogP contribution in [0.4, 0.5) is 5.69 Å². The highest BCUT2D eigenvalue weighted by Crippen LogP contribution is 2.46. The van der Waals surface area contributed by atoms with Crippen LogP contribution in [0.15, 0.2) is 95.7 Å². The number of fused-ring (bicyclic) bond motifs is 1. The lowest BCUT2D eigenvalue weighted by Gasteiger charge is -2.25. The lowest BCUT2D eigenvalue weighted by molar-refractivity contribution is 0.640.